The molecule has 27 heavy (non-hydrogen) atoms. The average Bonchev–Trinajstić information content (AvgIpc) is 2.73. The zero-order valence-electron chi connectivity index (χ0n) is 14.8. The number of hydrogen-bond acceptors (Lipinski definition) is 7. The lowest BCUT2D eigenvalue weighted by molar-refractivity contribution is -0.136. The van der Waals surface area contributed by atoms with Crippen molar-refractivity contribution in [3.63, 3.8) is 0 Å². The van der Waals surface area contributed by atoms with E-state index >= 15 is 0 Å². The molecule has 0 fully saturated rings. The SMILES string of the molecule is O=C[C@H](O)[C@@H](O)[C@H](O)[C@H](O)CO.c1ccc(COCc2ccccc2)cc1. The molecule has 148 valence electrons. The van der Waals surface area contributed by atoms with Gasteiger partial charge in [-0.25, -0.2) is 0 Å². The maximum Gasteiger partial charge on any atom is 0.151 e. The number of carbonyl (C=O) groups excluding carboxylic acids is 1. The van der Waals surface area contributed by atoms with Gasteiger partial charge in [0, 0.05) is 0 Å². The van der Waals surface area contributed by atoms with Crippen molar-refractivity contribution < 1.29 is 35.1 Å². The molecular formula is C20H26O7. The van der Waals surface area contributed by atoms with Gasteiger partial charge in [-0.2, -0.15) is 0 Å². The Hall–Kier alpha value is -2.13. The molecule has 0 aliphatic rings. The average molecular weight is 378 g/mol. The highest BCUT2D eigenvalue weighted by Crippen LogP contribution is 2.05. The van der Waals surface area contributed by atoms with E-state index in [-0.39, 0.29) is 6.29 Å². The zero-order chi connectivity index (χ0) is 20.1. The fraction of sp³-hybridized carbons (Fsp3) is 0.350. The van der Waals surface area contributed by atoms with Crippen LogP contribution in [-0.2, 0) is 22.7 Å². The van der Waals surface area contributed by atoms with Crippen molar-refractivity contribution >= 4 is 6.29 Å². The topological polar surface area (TPSA) is 127 Å². The first-order valence-corrected chi connectivity index (χ1v) is 8.43. The lowest BCUT2D eigenvalue weighted by Gasteiger charge is -2.22. The van der Waals surface area contributed by atoms with E-state index in [4.69, 9.17) is 30.3 Å². The van der Waals surface area contributed by atoms with E-state index in [2.05, 4.69) is 24.3 Å². The van der Waals surface area contributed by atoms with Crippen LogP contribution in [0, 0.1) is 0 Å². The monoisotopic (exact) mass is 378 g/mol. The van der Waals surface area contributed by atoms with E-state index in [0.29, 0.717) is 13.2 Å². The number of aldehydes is 1. The fourth-order valence-corrected chi connectivity index (χ4v) is 2.05. The molecular weight excluding hydrogens is 352 g/mol. The predicted molar refractivity (Wildman–Crippen MR) is 98.6 cm³/mol. The molecule has 0 aromatic heterocycles. The summed E-state index contributed by atoms with van der Waals surface area (Å²) >= 11 is 0. The maximum absolute atomic E-state index is 9.90. The van der Waals surface area contributed by atoms with Crippen molar-refractivity contribution in [3.05, 3.63) is 71.8 Å². The third-order valence-corrected chi connectivity index (χ3v) is 3.64. The number of aliphatic hydroxyl groups is 5. The minimum Gasteiger partial charge on any atom is -0.394 e. The molecule has 0 aliphatic carbocycles. The summed E-state index contributed by atoms with van der Waals surface area (Å²) in [5, 5.41) is 43.5. The smallest absolute Gasteiger partial charge is 0.151 e. The molecule has 0 saturated carbocycles. The van der Waals surface area contributed by atoms with Crippen LogP contribution in [0.1, 0.15) is 11.1 Å². The van der Waals surface area contributed by atoms with Crippen molar-refractivity contribution in [2.24, 2.45) is 0 Å². The molecule has 5 N–H and O–H groups in total. The van der Waals surface area contributed by atoms with E-state index in [0.717, 1.165) is 0 Å². The normalized spacial score (nSPS) is 15.0. The van der Waals surface area contributed by atoms with Crippen molar-refractivity contribution in [3.8, 4) is 0 Å². The van der Waals surface area contributed by atoms with Gasteiger partial charge in [0.2, 0.25) is 0 Å². The molecule has 0 unspecified atom stereocenters. The molecule has 0 radical (unpaired) electrons. The van der Waals surface area contributed by atoms with E-state index in [9.17, 15) is 4.79 Å². The molecule has 2 aromatic rings. The van der Waals surface area contributed by atoms with Gasteiger partial charge in [-0.05, 0) is 11.1 Å². The summed E-state index contributed by atoms with van der Waals surface area (Å²) in [5.41, 5.74) is 2.43. The summed E-state index contributed by atoms with van der Waals surface area (Å²) in [6, 6.07) is 20.4. The molecule has 2 aromatic carbocycles. The maximum atomic E-state index is 9.90. The number of benzene rings is 2. The molecule has 0 saturated heterocycles. The van der Waals surface area contributed by atoms with Crippen LogP contribution in [0.25, 0.3) is 0 Å². The molecule has 0 bridgehead atoms. The third-order valence-electron chi connectivity index (χ3n) is 3.64. The van der Waals surface area contributed by atoms with E-state index in [1.807, 2.05) is 36.4 Å². The Morgan fingerprint density at radius 3 is 1.59 bits per heavy atom. The molecule has 0 aliphatic heterocycles. The standard InChI is InChI=1S/C14H14O.C6H12O6/c1-3-7-13(8-4-1)11-15-12-14-9-5-2-6-10-14;7-1-3(9)5(11)6(12)4(10)2-8/h1-10H,11-12H2;1,3-6,8-12H,2H2/t;3-,4+,5+,6+/m.0/s1. The summed E-state index contributed by atoms with van der Waals surface area (Å²) in [6.07, 6.45) is -6.84. The predicted octanol–water partition coefficient (Wildman–Crippen LogP) is 0.0246. The van der Waals surface area contributed by atoms with Crippen molar-refractivity contribution in [2.45, 2.75) is 37.6 Å². The molecule has 4 atom stereocenters. The number of hydrogen-bond donors (Lipinski definition) is 5. The minimum absolute atomic E-state index is 0.0258. The van der Waals surface area contributed by atoms with Crippen molar-refractivity contribution in [1.29, 1.82) is 0 Å². The second-order valence-corrected chi connectivity index (χ2v) is 5.82. The summed E-state index contributed by atoms with van der Waals surface area (Å²) < 4.78 is 5.61. The van der Waals surface area contributed by atoms with Gasteiger partial charge in [-0.15, -0.1) is 0 Å². The zero-order valence-corrected chi connectivity index (χ0v) is 14.8. The molecule has 0 spiro atoms. The number of ether oxygens (including phenoxy) is 1. The first kappa shape index (κ1) is 22.9. The molecule has 7 heteroatoms. The minimum atomic E-state index is -1.79. The highest BCUT2D eigenvalue weighted by Gasteiger charge is 2.29. The van der Waals surface area contributed by atoms with Gasteiger partial charge in [-0.1, -0.05) is 60.7 Å². The van der Waals surface area contributed by atoms with Gasteiger partial charge in [0.05, 0.1) is 19.8 Å². The Labute approximate surface area is 158 Å². The van der Waals surface area contributed by atoms with Crippen LogP contribution in [0.3, 0.4) is 0 Å². The Morgan fingerprint density at radius 2 is 1.22 bits per heavy atom. The second kappa shape index (κ2) is 13.1. The Morgan fingerprint density at radius 1 is 0.778 bits per heavy atom. The highest BCUT2D eigenvalue weighted by atomic mass is 16.5. The van der Waals surface area contributed by atoms with Gasteiger partial charge in [-0.3, -0.25) is 0 Å². The fourth-order valence-electron chi connectivity index (χ4n) is 2.05. The van der Waals surface area contributed by atoms with Gasteiger partial charge >= 0.3 is 0 Å². The van der Waals surface area contributed by atoms with Crippen LogP contribution in [-0.4, -0.2) is 62.8 Å². The summed E-state index contributed by atoms with van der Waals surface area (Å²) in [4.78, 5) is 9.90. The van der Waals surface area contributed by atoms with Gasteiger partial charge in [0.1, 0.15) is 24.4 Å². The molecule has 0 amide bonds. The summed E-state index contributed by atoms with van der Waals surface area (Å²) in [7, 11) is 0. The lowest BCUT2D eigenvalue weighted by Crippen LogP contribution is -2.46. The lowest BCUT2D eigenvalue weighted by atomic mass is 10.0. The highest BCUT2D eigenvalue weighted by molar-refractivity contribution is 5.56. The Kier molecular flexibility index (Phi) is 11.1. The van der Waals surface area contributed by atoms with E-state index in [1.165, 1.54) is 11.1 Å². The van der Waals surface area contributed by atoms with Crippen LogP contribution >= 0.6 is 0 Å². The van der Waals surface area contributed by atoms with Crippen LogP contribution in [0.2, 0.25) is 0 Å². The Bertz CT molecular complexity index is 581. The third kappa shape index (κ3) is 8.87. The number of carbonyl (C=O) groups is 1. The largest absolute Gasteiger partial charge is 0.394 e. The van der Waals surface area contributed by atoms with Gasteiger partial charge in [0.25, 0.3) is 0 Å². The molecule has 0 heterocycles. The Balaban J connectivity index is 0.000000279. The number of rotatable bonds is 9. The quantitative estimate of drug-likeness (QED) is 0.389. The van der Waals surface area contributed by atoms with Crippen LogP contribution in [0.4, 0.5) is 0 Å². The van der Waals surface area contributed by atoms with Gasteiger partial charge in [0.15, 0.2) is 6.29 Å². The summed E-state index contributed by atoms with van der Waals surface area (Å²) in [5.74, 6) is 0. The second-order valence-electron chi connectivity index (χ2n) is 5.82. The molecule has 2 rings (SSSR count). The van der Waals surface area contributed by atoms with E-state index in [1.54, 1.807) is 0 Å². The van der Waals surface area contributed by atoms with Crippen molar-refractivity contribution in [2.75, 3.05) is 6.61 Å². The van der Waals surface area contributed by atoms with Crippen LogP contribution in [0.5, 0.6) is 0 Å². The molecule has 7 nitrogen and oxygen atoms in total. The number of aliphatic hydroxyl groups excluding tert-OH is 5. The summed E-state index contributed by atoms with van der Waals surface area (Å²) in [6.45, 7) is 0.593. The van der Waals surface area contributed by atoms with Crippen LogP contribution < -0.4 is 0 Å². The first-order chi connectivity index (χ1) is 13.0. The van der Waals surface area contributed by atoms with Crippen molar-refractivity contribution in [1.82, 2.24) is 0 Å². The van der Waals surface area contributed by atoms with Gasteiger partial charge < -0.3 is 35.1 Å². The van der Waals surface area contributed by atoms with Crippen LogP contribution in [0.15, 0.2) is 60.7 Å². The van der Waals surface area contributed by atoms with E-state index < -0.39 is 31.0 Å². The first-order valence-electron chi connectivity index (χ1n) is 8.43.